The third-order valence-electron chi connectivity index (χ3n) is 3.45. The Bertz CT molecular complexity index is 543. The Morgan fingerprint density at radius 2 is 1.84 bits per heavy atom. The van der Waals surface area contributed by atoms with E-state index in [1.807, 2.05) is 23.9 Å². The maximum atomic E-state index is 5.15. The Balaban J connectivity index is 1.92. The van der Waals surface area contributed by atoms with Gasteiger partial charge in [-0.3, -0.25) is 4.68 Å². The molecule has 2 aromatic rings. The summed E-state index contributed by atoms with van der Waals surface area (Å²) in [5, 5.41) is 7.88. The third-order valence-corrected chi connectivity index (χ3v) is 3.45. The highest BCUT2D eigenvalue weighted by Gasteiger charge is 2.08. The maximum absolute atomic E-state index is 5.15. The number of aryl methyl sites for hydroxylation is 2. The van der Waals surface area contributed by atoms with Gasteiger partial charge in [-0.2, -0.15) is 5.10 Å². The minimum atomic E-state index is 0.845. The fourth-order valence-electron chi connectivity index (χ4n) is 2.15. The summed E-state index contributed by atoms with van der Waals surface area (Å²) < 4.78 is 7.08. The van der Waals surface area contributed by atoms with Gasteiger partial charge in [0.25, 0.3) is 0 Å². The molecule has 1 N–H and O–H groups in total. The smallest absolute Gasteiger partial charge is 0.118 e. The van der Waals surface area contributed by atoms with E-state index < -0.39 is 0 Å². The predicted molar refractivity (Wildman–Crippen MR) is 76.2 cm³/mol. The summed E-state index contributed by atoms with van der Waals surface area (Å²) in [5.74, 6) is 0.891. The number of hydrogen-bond acceptors (Lipinski definition) is 3. The number of hydrogen-bond donors (Lipinski definition) is 1. The lowest BCUT2D eigenvalue weighted by atomic mass is 10.2. The van der Waals surface area contributed by atoms with E-state index in [0.29, 0.717) is 0 Å². The summed E-state index contributed by atoms with van der Waals surface area (Å²) >= 11 is 0. The minimum Gasteiger partial charge on any atom is -0.497 e. The number of rotatable bonds is 5. The van der Waals surface area contributed by atoms with Gasteiger partial charge < -0.3 is 10.1 Å². The third kappa shape index (κ3) is 3.15. The number of methoxy groups -OCH3 is 1. The van der Waals surface area contributed by atoms with E-state index in [9.17, 15) is 0 Å². The first-order chi connectivity index (χ1) is 9.11. The second-order valence-corrected chi connectivity index (χ2v) is 4.72. The zero-order valence-electron chi connectivity index (χ0n) is 12.0. The van der Waals surface area contributed by atoms with Crippen molar-refractivity contribution in [1.82, 2.24) is 15.1 Å². The quantitative estimate of drug-likeness (QED) is 0.895. The molecule has 0 aliphatic heterocycles. The number of nitrogens with one attached hydrogen (secondary N) is 1. The largest absolute Gasteiger partial charge is 0.497 e. The molecule has 1 aromatic heterocycles. The molecule has 1 aromatic carbocycles. The van der Waals surface area contributed by atoms with Gasteiger partial charge in [0.05, 0.1) is 12.8 Å². The Hall–Kier alpha value is -1.81. The van der Waals surface area contributed by atoms with Crippen LogP contribution in [-0.2, 0) is 20.1 Å². The molecule has 0 atom stereocenters. The van der Waals surface area contributed by atoms with Crippen molar-refractivity contribution in [3.05, 3.63) is 46.8 Å². The van der Waals surface area contributed by atoms with Gasteiger partial charge in [-0.1, -0.05) is 12.1 Å². The molecule has 0 bridgehead atoms. The molecule has 4 heteroatoms. The molecule has 0 saturated heterocycles. The van der Waals surface area contributed by atoms with Crippen molar-refractivity contribution in [2.45, 2.75) is 26.9 Å². The van der Waals surface area contributed by atoms with Crippen molar-refractivity contribution >= 4 is 0 Å². The molecule has 102 valence electrons. The summed E-state index contributed by atoms with van der Waals surface area (Å²) in [6.07, 6.45) is 0. The lowest BCUT2D eigenvalue weighted by Crippen LogP contribution is -2.13. The van der Waals surface area contributed by atoms with E-state index in [1.54, 1.807) is 7.11 Å². The molecule has 0 aliphatic rings. The average molecular weight is 259 g/mol. The lowest BCUT2D eigenvalue weighted by Gasteiger charge is -2.06. The molecular weight excluding hydrogens is 238 g/mol. The molecule has 2 rings (SSSR count). The lowest BCUT2D eigenvalue weighted by molar-refractivity contribution is 0.414. The second-order valence-electron chi connectivity index (χ2n) is 4.72. The van der Waals surface area contributed by atoms with Crippen LogP contribution in [0.4, 0.5) is 0 Å². The van der Waals surface area contributed by atoms with E-state index in [0.717, 1.165) is 24.5 Å². The van der Waals surface area contributed by atoms with Crippen molar-refractivity contribution in [2.24, 2.45) is 7.05 Å². The molecule has 0 spiro atoms. The van der Waals surface area contributed by atoms with Crippen LogP contribution in [-0.4, -0.2) is 16.9 Å². The molecule has 0 amide bonds. The van der Waals surface area contributed by atoms with E-state index in [4.69, 9.17) is 4.74 Å². The first-order valence-corrected chi connectivity index (χ1v) is 6.44. The Morgan fingerprint density at radius 1 is 1.16 bits per heavy atom. The Labute approximate surface area is 114 Å². The summed E-state index contributed by atoms with van der Waals surface area (Å²) in [7, 11) is 3.66. The van der Waals surface area contributed by atoms with Crippen molar-refractivity contribution < 1.29 is 4.74 Å². The zero-order chi connectivity index (χ0) is 13.8. The summed E-state index contributed by atoms with van der Waals surface area (Å²) in [6, 6.07) is 8.12. The SMILES string of the molecule is COc1ccc(CNCc2c(C)nn(C)c2C)cc1. The van der Waals surface area contributed by atoms with E-state index in [2.05, 4.69) is 36.4 Å². The highest BCUT2D eigenvalue weighted by Crippen LogP contribution is 2.13. The zero-order valence-corrected chi connectivity index (χ0v) is 12.0. The summed E-state index contributed by atoms with van der Waals surface area (Å²) in [6.45, 7) is 5.84. The predicted octanol–water partition coefficient (Wildman–Crippen LogP) is 2.34. The first-order valence-electron chi connectivity index (χ1n) is 6.44. The van der Waals surface area contributed by atoms with Crippen LogP contribution >= 0.6 is 0 Å². The maximum Gasteiger partial charge on any atom is 0.118 e. The molecule has 1 heterocycles. The first kappa shape index (κ1) is 13.6. The number of benzene rings is 1. The van der Waals surface area contributed by atoms with Crippen LogP contribution in [0.15, 0.2) is 24.3 Å². The topological polar surface area (TPSA) is 39.1 Å². The second kappa shape index (κ2) is 5.89. The molecule has 0 fully saturated rings. The van der Waals surface area contributed by atoms with Crippen LogP contribution in [0.5, 0.6) is 5.75 Å². The van der Waals surface area contributed by atoms with Crippen LogP contribution in [0.3, 0.4) is 0 Å². The summed E-state index contributed by atoms with van der Waals surface area (Å²) in [4.78, 5) is 0. The van der Waals surface area contributed by atoms with Gasteiger partial charge >= 0.3 is 0 Å². The van der Waals surface area contributed by atoms with Crippen LogP contribution in [0.25, 0.3) is 0 Å². The monoisotopic (exact) mass is 259 g/mol. The highest BCUT2D eigenvalue weighted by molar-refractivity contribution is 5.27. The minimum absolute atomic E-state index is 0.845. The van der Waals surface area contributed by atoms with Gasteiger partial charge in [0, 0.05) is 31.4 Å². The Morgan fingerprint density at radius 3 is 2.37 bits per heavy atom. The van der Waals surface area contributed by atoms with Crippen molar-refractivity contribution in [2.75, 3.05) is 7.11 Å². The molecule has 4 nitrogen and oxygen atoms in total. The van der Waals surface area contributed by atoms with Crippen LogP contribution in [0.2, 0.25) is 0 Å². The fourth-order valence-corrected chi connectivity index (χ4v) is 2.15. The fraction of sp³-hybridized carbons (Fsp3) is 0.400. The van der Waals surface area contributed by atoms with Gasteiger partial charge in [-0.15, -0.1) is 0 Å². The van der Waals surface area contributed by atoms with Crippen molar-refractivity contribution in [1.29, 1.82) is 0 Å². The molecule has 0 unspecified atom stereocenters. The normalized spacial score (nSPS) is 10.7. The van der Waals surface area contributed by atoms with Gasteiger partial charge in [0.1, 0.15) is 5.75 Å². The molecule has 19 heavy (non-hydrogen) atoms. The van der Waals surface area contributed by atoms with Crippen molar-refractivity contribution in [3.8, 4) is 5.75 Å². The van der Waals surface area contributed by atoms with Crippen LogP contribution < -0.4 is 10.1 Å². The molecular formula is C15H21N3O. The van der Waals surface area contributed by atoms with Crippen LogP contribution in [0, 0.1) is 13.8 Å². The van der Waals surface area contributed by atoms with Gasteiger partial charge in [-0.25, -0.2) is 0 Å². The van der Waals surface area contributed by atoms with E-state index in [1.165, 1.54) is 16.8 Å². The molecule has 0 aliphatic carbocycles. The van der Waals surface area contributed by atoms with E-state index in [-0.39, 0.29) is 0 Å². The highest BCUT2D eigenvalue weighted by atomic mass is 16.5. The van der Waals surface area contributed by atoms with E-state index >= 15 is 0 Å². The van der Waals surface area contributed by atoms with Gasteiger partial charge in [-0.05, 0) is 31.5 Å². The standard InChI is InChI=1S/C15H21N3O/c1-11-15(12(2)18(3)17-11)10-16-9-13-5-7-14(19-4)8-6-13/h5-8,16H,9-10H2,1-4H3. The van der Waals surface area contributed by atoms with Crippen LogP contribution in [0.1, 0.15) is 22.5 Å². The number of aromatic nitrogens is 2. The molecule has 0 radical (unpaired) electrons. The van der Waals surface area contributed by atoms with Gasteiger partial charge in [0.2, 0.25) is 0 Å². The number of ether oxygens (including phenoxy) is 1. The van der Waals surface area contributed by atoms with Crippen molar-refractivity contribution in [3.63, 3.8) is 0 Å². The average Bonchev–Trinajstić information content (AvgIpc) is 2.66. The Kier molecular flexibility index (Phi) is 4.22. The molecule has 0 saturated carbocycles. The summed E-state index contributed by atoms with van der Waals surface area (Å²) in [5.41, 5.74) is 4.86. The number of nitrogens with zero attached hydrogens (tertiary/aromatic N) is 2. The van der Waals surface area contributed by atoms with Gasteiger partial charge in [0.15, 0.2) is 0 Å².